The van der Waals surface area contributed by atoms with Gasteiger partial charge in [-0.3, -0.25) is 0 Å². The van der Waals surface area contributed by atoms with Crippen molar-refractivity contribution in [2.75, 3.05) is 13.1 Å². The molecule has 1 aliphatic heterocycles. The minimum atomic E-state index is -0.0926. The van der Waals surface area contributed by atoms with E-state index in [2.05, 4.69) is 14.1 Å². The third kappa shape index (κ3) is 0.638. The molecule has 0 spiro atoms. The van der Waals surface area contributed by atoms with E-state index in [1.54, 1.807) is 0 Å². The molecule has 1 rings (SSSR count). The van der Waals surface area contributed by atoms with Gasteiger partial charge in [0.1, 0.15) is 0 Å². The van der Waals surface area contributed by atoms with Crippen molar-refractivity contribution in [3.63, 3.8) is 0 Å². The molecule has 0 aromatic rings. The van der Waals surface area contributed by atoms with Crippen molar-refractivity contribution in [1.82, 2.24) is 9.80 Å². The summed E-state index contributed by atoms with van der Waals surface area (Å²) >= 11 is 0. The summed E-state index contributed by atoms with van der Waals surface area (Å²) in [5.41, 5.74) is 0. The molecule has 0 N–H and O–H groups in total. The summed E-state index contributed by atoms with van der Waals surface area (Å²) in [7, 11) is 6.94. The van der Waals surface area contributed by atoms with E-state index in [1.165, 1.54) is 9.80 Å². The molecule has 0 aliphatic carbocycles. The van der Waals surface area contributed by atoms with Gasteiger partial charge in [-0.15, -0.1) is 0 Å². The van der Waals surface area contributed by atoms with Crippen molar-refractivity contribution in [2.24, 2.45) is 0 Å². The van der Waals surface area contributed by atoms with E-state index in [4.69, 9.17) is 0 Å². The standard InChI is InChI=1S/C5H8N2O/c1-6-3-4-7(2)5(6)8/h1-4H2. The van der Waals surface area contributed by atoms with Gasteiger partial charge >= 0.3 is 6.03 Å². The maximum Gasteiger partial charge on any atom is 0.320 e. The summed E-state index contributed by atoms with van der Waals surface area (Å²) in [6.45, 7) is 1.39. The van der Waals surface area contributed by atoms with Crippen LogP contribution >= 0.6 is 0 Å². The Morgan fingerprint density at radius 3 is 1.75 bits per heavy atom. The second kappa shape index (κ2) is 1.65. The number of hydrogen-bond donors (Lipinski definition) is 0. The van der Waals surface area contributed by atoms with Gasteiger partial charge in [0.15, 0.2) is 0 Å². The number of nitrogens with zero attached hydrogens (tertiary/aromatic N) is 2. The van der Waals surface area contributed by atoms with Crippen LogP contribution in [0.25, 0.3) is 0 Å². The molecule has 3 heteroatoms. The van der Waals surface area contributed by atoms with Gasteiger partial charge in [-0.1, -0.05) is 0 Å². The van der Waals surface area contributed by atoms with E-state index in [1.807, 2.05) is 0 Å². The lowest BCUT2D eigenvalue weighted by Crippen LogP contribution is -2.22. The first-order valence-corrected chi connectivity index (χ1v) is 2.42. The van der Waals surface area contributed by atoms with Gasteiger partial charge in [-0.25, -0.2) is 4.79 Å². The van der Waals surface area contributed by atoms with Crippen LogP contribution in [0.3, 0.4) is 0 Å². The first kappa shape index (κ1) is 5.41. The average molecular weight is 112 g/mol. The molecular weight excluding hydrogens is 104 g/mol. The number of carbonyl (C=O) groups excluding carboxylic acids is 1. The van der Waals surface area contributed by atoms with Crippen LogP contribution in [0.2, 0.25) is 0 Å². The minimum absolute atomic E-state index is 0.0926. The van der Waals surface area contributed by atoms with E-state index < -0.39 is 0 Å². The molecule has 8 heavy (non-hydrogen) atoms. The Bertz CT molecular complexity index is 101. The number of carbonyl (C=O) groups is 1. The maximum absolute atomic E-state index is 10.6. The highest BCUT2D eigenvalue weighted by Crippen LogP contribution is 2.03. The molecule has 1 fully saturated rings. The van der Waals surface area contributed by atoms with Crippen molar-refractivity contribution in [2.45, 2.75) is 0 Å². The van der Waals surface area contributed by atoms with E-state index in [9.17, 15) is 4.79 Å². The molecule has 1 heterocycles. The van der Waals surface area contributed by atoms with Crippen molar-refractivity contribution >= 4 is 6.03 Å². The zero-order chi connectivity index (χ0) is 6.15. The Morgan fingerprint density at radius 2 is 1.62 bits per heavy atom. The van der Waals surface area contributed by atoms with Crippen LogP contribution in [0.1, 0.15) is 0 Å². The third-order valence-electron chi connectivity index (χ3n) is 1.18. The van der Waals surface area contributed by atoms with Gasteiger partial charge < -0.3 is 9.80 Å². The number of amides is 2. The fraction of sp³-hybridized carbons (Fsp3) is 0.400. The second-order valence-corrected chi connectivity index (χ2v) is 1.81. The van der Waals surface area contributed by atoms with E-state index in [0.717, 1.165) is 0 Å². The van der Waals surface area contributed by atoms with Crippen LogP contribution in [0.4, 0.5) is 4.79 Å². The topological polar surface area (TPSA) is 23.6 Å². The fourth-order valence-corrected chi connectivity index (χ4v) is 0.633. The molecule has 0 aromatic heterocycles. The van der Waals surface area contributed by atoms with Gasteiger partial charge in [0.25, 0.3) is 0 Å². The lowest BCUT2D eigenvalue weighted by molar-refractivity contribution is 0.212. The summed E-state index contributed by atoms with van der Waals surface area (Å²) in [6.07, 6.45) is 0. The molecule has 0 unspecified atom stereocenters. The van der Waals surface area contributed by atoms with Crippen molar-refractivity contribution in [3.05, 3.63) is 14.1 Å². The normalized spacial score (nSPS) is 20.5. The highest BCUT2D eigenvalue weighted by molar-refractivity contribution is 5.76. The molecule has 2 amide bonds. The molecular formula is C5H8N2O. The van der Waals surface area contributed by atoms with E-state index >= 15 is 0 Å². The van der Waals surface area contributed by atoms with Gasteiger partial charge in [-0.05, 0) is 0 Å². The molecule has 0 saturated carbocycles. The predicted molar refractivity (Wildman–Crippen MR) is 29.5 cm³/mol. The van der Waals surface area contributed by atoms with Crippen LogP contribution in [0, 0.1) is 14.1 Å². The lowest BCUT2D eigenvalue weighted by Gasteiger charge is -2.06. The Morgan fingerprint density at radius 1 is 1.25 bits per heavy atom. The summed E-state index contributed by atoms with van der Waals surface area (Å²) < 4.78 is 0. The average Bonchev–Trinajstić information content (AvgIpc) is 1.98. The fourth-order valence-electron chi connectivity index (χ4n) is 0.633. The van der Waals surface area contributed by atoms with Gasteiger partial charge in [0.2, 0.25) is 0 Å². The molecule has 0 atom stereocenters. The maximum atomic E-state index is 10.6. The Kier molecular flexibility index (Phi) is 1.12. The third-order valence-corrected chi connectivity index (χ3v) is 1.18. The number of hydrogen-bond acceptors (Lipinski definition) is 1. The molecule has 1 saturated heterocycles. The van der Waals surface area contributed by atoms with Crippen molar-refractivity contribution < 1.29 is 4.79 Å². The molecule has 2 radical (unpaired) electrons. The summed E-state index contributed by atoms with van der Waals surface area (Å²) in [5, 5.41) is 0. The van der Waals surface area contributed by atoms with Gasteiger partial charge in [-0.2, -0.15) is 0 Å². The minimum Gasteiger partial charge on any atom is -0.321 e. The second-order valence-electron chi connectivity index (χ2n) is 1.81. The van der Waals surface area contributed by atoms with Crippen molar-refractivity contribution in [1.29, 1.82) is 0 Å². The number of rotatable bonds is 0. The Labute approximate surface area is 48.9 Å². The molecule has 44 valence electrons. The number of urea groups is 1. The zero-order valence-corrected chi connectivity index (χ0v) is 4.63. The van der Waals surface area contributed by atoms with E-state index in [-0.39, 0.29) is 6.03 Å². The first-order valence-electron chi connectivity index (χ1n) is 2.42. The van der Waals surface area contributed by atoms with Gasteiger partial charge in [0.05, 0.1) is 0 Å². The quantitative estimate of drug-likeness (QED) is 0.442. The lowest BCUT2D eigenvalue weighted by atomic mass is 10.6. The summed E-state index contributed by atoms with van der Waals surface area (Å²) in [5.74, 6) is 0. The van der Waals surface area contributed by atoms with Crippen LogP contribution in [-0.4, -0.2) is 28.9 Å². The largest absolute Gasteiger partial charge is 0.321 e. The van der Waals surface area contributed by atoms with Crippen LogP contribution in [0.5, 0.6) is 0 Å². The van der Waals surface area contributed by atoms with Crippen LogP contribution in [0.15, 0.2) is 0 Å². The molecule has 1 aliphatic rings. The van der Waals surface area contributed by atoms with Crippen LogP contribution in [-0.2, 0) is 0 Å². The highest BCUT2D eigenvalue weighted by atomic mass is 16.2. The monoisotopic (exact) mass is 112 g/mol. The Hall–Kier alpha value is -0.730. The van der Waals surface area contributed by atoms with Crippen LogP contribution < -0.4 is 0 Å². The smallest absolute Gasteiger partial charge is 0.320 e. The SMILES string of the molecule is [CH2]N1CCN([CH2])C1=O. The van der Waals surface area contributed by atoms with Gasteiger partial charge in [0, 0.05) is 27.2 Å². The summed E-state index contributed by atoms with van der Waals surface area (Å²) in [4.78, 5) is 13.4. The first-order chi connectivity index (χ1) is 3.72. The van der Waals surface area contributed by atoms with E-state index in [0.29, 0.717) is 13.1 Å². The molecule has 3 nitrogen and oxygen atoms in total. The highest BCUT2D eigenvalue weighted by Gasteiger charge is 2.20. The summed E-state index contributed by atoms with van der Waals surface area (Å²) in [6, 6.07) is -0.0926. The Balaban J connectivity index is 2.57. The predicted octanol–water partition coefficient (Wildman–Crippen LogP) is 0.307. The zero-order valence-electron chi connectivity index (χ0n) is 4.63. The van der Waals surface area contributed by atoms with Crippen molar-refractivity contribution in [3.8, 4) is 0 Å². The molecule has 0 bridgehead atoms. The molecule has 0 aromatic carbocycles.